The zero-order valence-corrected chi connectivity index (χ0v) is 26.7. The Labute approximate surface area is 260 Å². The summed E-state index contributed by atoms with van der Waals surface area (Å²) in [4.78, 5) is 43.7. The van der Waals surface area contributed by atoms with Crippen molar-refractivity contribution in [2.75, 3.05) is 0 Å². The van der Waals surface area contributed by atoms with Crippen LogP contribution in [0.5, 0.6) is 5.75 Å². The molecule has 5 aliphatic rings. The summed E-state index contributed by atoms with van der Waals surface area (Å²) in [7, 11) is 0. The number of aromatic hydroxyl groups is 1. The van der Waals surface area contributed by atoms with Crippen LogP contribution in [0.1, 0.15) is 87.1 Å². The molecule has 4 aliphatic carbocycles. The smallest absolute Gasteiger partial charge is 0.408 e. The Morgan fingerprint density at radius 2 is 1.55 bits per heavy atom. The molecule has 1 heterocycles. The van der Waals surface area contributed by atoms with Crippen LogP contribution in [0.15, 0.2) is 36.4 Å². The summed E-state index contributed by atoms with van der Waals surface area (Å²) in [6, 6.07) is 9.66. The van der Waals surface area contributed by atoms with Crippen molar-refractivity contribution in [2.45, 2.75) is 116 Å². The number of benzene rings is 2. The number of amides is 3. The van der Waals surface area contributed by atoms with E-state index in [0.29, 0.717) is 24.2 Å². The first kappa shape index (κ1) is 30.5. The molecule has 0 aromatic heterocycles. The lowest BCUT2D eigenvalue weighted by atomic mass is 9.53. The second-order valence-electron chi connectivity index (χ2n) is 15.1. The fourth-order valence-corrected chi connectivity index (χ4v) is 8.94. The van der Waals surface area contributed by atoms with Crippen molar-refractivity contribution in [2.24, 2.45) is 17.8 Å². The Morgan fingerprint density at radius 1 is 0.977 bits per heavy atom. The summed E-state index contributed by atoms with van der Waals surface area (Å²) in [6.45, 7) is 9.40. The maximum Gasteiger partial charge on any atom is 0.408 e. The molecule has 3 N–H and O–H groups in total. The fraction of sp³-hybridized carbons (Fsp3) is 0.583. The number of nitrogens with zero attached hydrogens (tertiary/aromatic N) is 1. The van der Waals surface area contributed by atoms with Crippen LogP contribution in [0.3, 0.4) is 0 Å². The topological polar surface area (TPSA) is 108 Å². The number of rotatable bonds is 6. The van der Waals surface area contributed by atoms with Gasteiger partial charge in [-0.3, -0.25) is 9.59 Å². The molecule has 236 valence electrons. The molecular formula is C36H47N3O5. The van der Waals surface area contributed by atoms with Gasteiger partial charge in [0, 0.05) is 24.9 Å². The first-order valence-corrected chi connectivity index (χ1v) is 16.3. The van der Waals surface area contributed by atoms with Crippen molar-refractivity contribution in [1.29, 1.82) is 0 Å². The summed E-state index contributed by atoms with van der Waals surface area (Å²) in [5.74, 6) is 1.80. The zero-order chi connectivity index (χ0) is 31.4. The highest BCUT2D eigenvalue weighted by Gasteiger charge is 2.52. The number of carbonyl (C=O) groups is 3. The molecule has 0 spiro atoms. The lowest BCUT2D eigenvalue weighted by Gasteiger charge is -2.57. The highest BCUT2D eigenvalue weighted by atomic mass is 16.6. The second kappa shape index (κ2) is 11.4. The summed E-state index contributed by atoms with van der Waals surface area (Å²) in [5.41, 5.74) is 3.68. The van der Waals surface area contributed by atoms with Gasteiger partial charge in [0.1, 0.15) is 23.4 Å². The van der Waals surface area contributed by atoms with Gasteiger partial charge in [-0.05, 0) is 131 Å². The van der Waals surface area contributed by atoms with Crippen molar-refractivity contribution in [3.8, 4) is 5.75 Å². The number of ether oxygens (including phenoxy) is 1. The van der Waals surface area contributed by atoms with Gasteiger partial charge in [-0.15, -0.1) is 0 Å². The molecule has 44 heavy (non-hydrogen) atoms. The molecule has 0 saturated heterocycles. The van der Waals surface area contributed by atoms with Crippen LogP contribution in [0.25, 0.3) is 0 Å². The Bertz CT molecular complexity index is 1400. The standard InChI is InChI=1S/C36H47N3O5/c1-21-10-28(40)11-22(2)29(21)16-30(37-34(43)44-35(3,4)5)33(42)39-20-27-9-7-6-8-26(27)15-31(39)32(41)38-36-17-23-12-24(18-36)14-25(13-23)19-36/h6-11,23-25,30-31,40H,12-20H2,1-5H3,(H,37,43)(H,38,41)/t23?,24?,25?,30-,31-,36?/m0/s1. The molecule has 7 rings (SSSR count). The molecule has 2 atom stereocenters. The van der Waals surface area contributed by atoms with E-state index in [4.69, 9.17) is 4.74 Å². The normalized spacial score (nSPS) is 27.8. The molecule has 2 aromatic rings. The molecule has 0 unspecified atom stereocenters. The van der Waals surface area contributed by atoms with Gasteiger partial charge >= 0.3 is 6.09 Å². The molecule has 2 aromatic carbocycles. The van der Waals surface area contributed by atoms with Crippen molar-refractivity contribution in [3.05, 3.63) is 64.2 Å². The third-order valence-corrected chi connectivity index (χ3v) is 10.3. The van der Waals surface area contributed by atoms with Gasteiger partial charge in [-0.25, -0.2) is 4.79 Å². The van der Waals surface area contributed by atoms with E-state index in [9.17, 15) is 19.5 Å². The Balaban J connectivity index is 1.31. The molecule has 8 heteroatoms. The van der Waals surface area contributed by atoms with E-state index >= 15 is 0 Å². The van der Waals surface area contributed by atoms with Crippen molar-refractivity contribution in [3.63, 3.8) is 0 Å². The molecular weight excluding hydrogens is 554 g/mol. The van der Waals surface area contributed by atoms with Crippen LogP contribution < -0.4 is 10.6 Å². The quantitative estimate of drug-likeness (QED) is 0.406. The predicted molar refractivity (Wildman–Crippen MR) is 168 cm³/mol. The van der Waals surface area contributed by atoms with Crippen molar-refractivity contribution >= 4 is 17.9 Å². The number of fused-ring (bicyclic) bond motifs is 1. The van der Waals surface area contributed by atoms with E-state index in [1.807, 2.05) is 38.1 Å². The predicted octanol–water partition coefficient (Wildman–Crippen LogP) is 5.48. The highest BCUT2D eigenvalue weighted by Crippen LogP contribution is 2.55. The van der Waals surface area contributed by atoms with Gasteiger partial charge in [0.05, 0.1) is 0 Å². The number of phenolic OH excluding ortho intramolecular Hbond substituents is 1. The second-order valence-corrected chi connectivity index (χ2v) is 15.1. The van der Waals surface area contributed by atoms with Crippen molar-refractivity contribution in [1.82, 2.24) is 15.5 Å². The largest absolute Gasteiger partial charge is 0.508 e. The number of aryl methyl sites for hydroxylation is 2. The first-order chi connectivity index (χ1) is 20.8. The maximum absolute atomic E-state index is 14.6. The van der Waals surface area contributed by atoms with Crippen molar-refractivity contribution < 1.29 is 24.2 Å². The maximum atomic E-state index is 14.6. The van der Waals surface area contributed by atoms with Crippen LogP contribution in [-0.2, 0) is 33.7 Å². The van der Waals surface area contributed by atoms with Crippen LogP contribution in [-0.4, -0.2) is 51.1 Å². The monoisotopic (exact) mass is 601 g/mol. The van der Waals surface area contributed by atoms with Crippen LogP contribution in [0.4, 0.5) is 4.79 Å². The number of hydrogen-bond donors (Lipinski definition) is 3. The Morgan fingerprint density at radius 3 is 2.11 bits per heavy atom. The molecule has 8 nitrogen and oxygen atoms in total. The van der Waals surface area contributed by atoms with E-state index in [2.05, 4.69) is 10.6 Å². The van der Waals surface area contributed by atoms with Gasteiger partial charge in [0.25, 0.3) is 0 Å². The average Bonchev–Trinajstić information content (AvgIpc) is 2.91. The number of carbonyl (C=O) groups excluding carboxylic acids is 3. The first-order valence-electron chi connectivity index (χ1n) is 16.3. The van der Waals surface area contributed by atoms with Gasteiger partial charge in [0.2, 0.25) is 11.8 Å². The highest BCUT2D eigenvalue weighted by molar-refractivity contribution is 5.92. The van der Waals surface area contributed by atoms with Gasteiger partial charge < -0.3 is 25.4 Å². The SMILES string of the molecule is Cc1cc(O)cc(C)c1C[C@H](NC(=O)OC(C)(C)C)C(=O)N1Cc2ccccc2C[C@H]1C(=O)NC12CC3CC(CC(C3)C1)C2. The summed E-state index contributed by atoms with van der Waals surface area (Å²) in [6.07, 6.45) is 6.89. The molecule has 4 bridgehead atoms. The minimum atomic E-state index is -0.966. The van der Waals surface area contributed by atoms with E-state index < -0.39 is 23.8 Å². The number of hydrogen-bond acceptors (Lipinski definition) is 5. The minimum Gasteiger partial charge on any atom is -0.508 e. The summed E-state index contributed by atoms with van der Waals surface area (Å²) in [5, 5.41) is 16.5. The summed E-state index contributed by atoms with van der Waals surface area (Å²) >= 11 is 0. The number of alkyl carbamates (subject to hydrolysis) is 1. The van der Waals surface area contributed by atoms with Gasteiger partial charge in [-0.2, -0.15) is 0 Å². The van der Waals surface area contributed by atoms with E-state index in [1.54, 1.807) is 37.8 Å². The zero-order valence-electron chi connectivity index (χ0n) is 26.7. The average molecular weight is 602 g/mol. The third-order valence-electron chi connectivity index (χ3n) is 10.3. The van der Waals surface area contributed by atoms with Gasteiger partial charge in [-0.1, -0.05) is 24.3 Å². The third kappa shape index (κ3) is 6.31. The molecule has 4 fully saturated rings. The lowest BCUT2D eigenvalue weighted by Crippen LogP contribution is -2.64. The lowest BCUT2D eigenvalue weighted by molar-refractivity contribution is -0.145. The molecule has 0 radical (unpaired) electrons. The summed E-state index contributed by atoms with van der Waals surface area (Å²) < 4.78 is 5.57. The molecule has 4 saturated carbocycles. The molecule has 1 aliphatic heterocycles. The van der Waals surface area contributed by atoms with E-state index in [1.165, 1.54) is 19.3 Å². The van der Waals surface area contributed by atoms with Crippen LogP contribution in [0, 0.1) is 31.6 Å². The Hall–Kier alpha value is -3.55. The fourth-order valence-electron chi connectivity index (χ4n) is 8.94. The van der Waals surface area contributed by atoms with E-state index in [0.717, 1.165) is 47.1 Å². The molecule has 3 amide bonds. The number of nitrogens with one attached hydrogen (secondary N) is 2. The van der Waals surface area contributed by atoms with Crippen LogP contribution >= 0.6 is 0 Å². The van der Waals surface area contributed by atoms with Crippen LogP contribution in [0.2, 0.25) is 0 Å². The van der Waals surface area contributed by atoms with Gasteiger partial charge in [0.15, 0.2) is 0 Å². The number of phenols is 1. The van der Waals surface area contributed by atoms with E-state index in [-0.39, 0.29) is 36.1 Å². The Kier molecular flexibility index (Phi) is 7.91. The minimum absolute atomic E-state index is 0.0946.